The summed E-state index contributed by atoms with van der Waals surface area (Å²) in [5.41, 5.74) is 7.13. The number of primary amides is 1. The van der Waals surface area contributed by atoms with E-state index in [1.807, 2.05) is 31.2 Å². The molecule has 1 amide bonds. The lowest BCUT2D eigenvalue weighted by Gasteiger charge is -1.93. The molecule has 0 aliphatic heterocycles. The van der Waals surface area contributed by atoms with Gasteiger partial charge in [0.25, 0.3) is 0 Å². The second-order valence-corrected chi connectivity index (χ2v) is 2.65. The fraction of sp³-hybridized carbons (Fsp3) is 0.100. The van der Waals surface area contributed by atoms with Gasteiger partial charge in [-0.15, -0.1) is 12.4 Å². The molecule has 0 aliphatic carbocycles. The lowest BCUT2D eigenvalue weighted by atomic mass is 10.1. The highest BCUT2D eigenvalue weighted by molar-refractivity contribution is 5.90. The van der Waals surface area contributed by atoms with Gasteiger partial charge >= 0.3 is 0 Å². The molecule has 70 valence electrons. The smallest absolute Gasteiger partial charge is 0.241 e. The van der Waals surface area contributed by atoms with Crippen LogP contribution in [0.4, 0.5) is 0 Å². The van der Waals surface area contributed by atoms with Gasteiger partial charge in [-0.1, -0.05) is 29.8 Å². The molecule has 0 atom stereocenters. The molecular weight excluding hydrogens is 186 g/mol. The van der Waals surface area contributed by atoms with Crippen LogP contribution in [0, 0.1) is 6.92 Å². The molecule has 0 saturated heterocycles. The zero-order chi connectivity index (χ0) is 8.97. The van der Waals surface area contributed by atoms with Crippen LogP contribution in [-0.2, 0) is 4.79 Å². The van der Waals surface area contributed by atoms with Crippen molar-refractivity contribution in [2.24, 2.45) is 5.73 Å². The predicted octanol–water partition coefficient (Wildman–Crippen LogP) is 1.92. The zero-order valence-corrected chi connectivity index (χ0v) is 8.17. The molecule has 0 radical (unpaired) electrons. The standard InChI is InChI=1S/C10H11NO.ClH/c1-8-2-4-9(5-3-8)6-7-10(11)12;/h2-7H,1H3,(H2,11,12);1H. The van der Waals surface area contributed by atoms with E-state index in [0.717, 1.165) is 5.56 Å². The van der Waals surface area contributed by atoms with Crippen molar-refractivity contribution in [2.45, 2.75) is 6.92 Å². The Balaban J connectivity index is 0.00000144. The van der Waals surface area contributed by atoms with E-state index in [1.165, 1.54) is 11.6 Å². The molecule has 0 saturated carbocycles. The van der Waals surface area contributed by atoms with Crippen LogP contribution in [0.25, 0.3) is 6.08 Å². The monoisotopic (exact) mass is 197 g/mol. The Kier molecular flexibility index (Phi) is 4.85. The molecule has 0 aromatic heterocycles. The van der Waals surface area contributed by atoms with Crippen molar-refractivity contribution in [2.75, 3.05) is 0 Å². The summed E-state index contributed by atoms with van der Waals surface area (Å²) in [5.74, 6) is -0.421. The summed E-state index contributed by atoms with van der Waals surface area (Å²) in [6, 6.07) is 7.85. The Morgan fingerprint density at radius 1 is 1.31 bits per heavy atom. The van der Waals surface area contributed by atoms with E-state index < -0.39 is 5.91 Å². The summed E-state index contributed by atoms with van der Waals surface area (Å²) < 4.78 is 0. The Labute approximate surface area is 83.9 Å². The SMILES string of the molecule is Cc1ccc(C=CC(N)=O)cc1.Cl. The number of nitrogens with two attached hydrogens (primary N) is 1. The van der Waals surface area contributed by atoms with Crippen LogP contribution in [-0.4, -0.2) is 5.91 Å². The third-order valence-electron chi connectivity index (χ3n) is 1.52. The van der Waals surface area contributed by atoms with E-state index in [-0.39, 0.29) is 12.4 Å². The van der Waals surface area contributed by atoms with E-state index in [2.05, 4.69) is 0 Å². The second kappa shape index (κ2) is 5.38. The lowest BCUT2D eigenvalue weighted by molar-refractivity contribution is -0.113. The molecule has 2 N–H and O–H groups in total. The molecule has 0 heterocycles. The molecule has 0 fully saturated rings. The highest BCUT2D eigenvalue weighted by Crippen LogP contribution is 2.04. The maximum absolute atomic E-state index is 10.4. The topological polar surface area (TPSA) is 43.1 Å². The van der Waals surface area contributed by atoms with Crippen LogP contribution in [0.15, 0.2) is 30.3 Å². The third-order valence-corrected chi connectivity index (χ3v) is 1.52. The first-order valence-electron chi connectivity index (χ1n) is 3.72. The number of aryl methyl sites for hydroxylation is 1. The van der Waals surface area contributed by atoms with Crippen LogP contribution in [0.3, 0.4) is 0 Å². The summed E-state index contributed by atoms with van der Waals surface area (Å²) in [6.45, 7) is 2.02. The Morgan fingerprint density at radius 3 is 2.31 bits per heavy atom. The number of carbonyl (C=O) groups is 1. The van der Waals surface area contributed by atoms with Crippen LogP contribution < -0.4 is 5.73 Å². The highest BCUT2D eigenvalue weighted by atomic mass is 35.5. The first-order chi connectivity index (χ1) is 5.68. The van der Waals surface area contributed by atoms with Crippen LogP contribution in [0.1, 0.15) is 11.1 Å². The number of rotatable bonds is 2. The van der Waals surface area contributed by atoms with Crippen LogP contribution in [0.5, 0.6) is 0 Å². The van der Waals surface area contributed by atoms with Crippen LogP contribution in [0.2, 0.25) is 0 Å². The van der Waals surface area contributed by atoms with Gasteiger partial charge in [-0.25, -0.2) is 0 Å². The van der Waals surface area contributed by atoms with Gasteiger partial charge in [0, 0.05) is 6.08 Å². The van der Waals surface area contributed by atoms with Gasteiger partial charge in [0.1, 0.15) is 0 Å². The molecule has 0 aliphatic rings. The molecule has 1 rings (SSSR count). The summed E-state index contributed by atoms with van der Waals surface area (Å²) in [7, 11) is 0. The minimum atomic E-state index is -0.421. The van der Waals surface area contributed by atoms with E-state index in [0.29, 0.717) is 0 Å². The van der Waals surface area contributed by atoms with Crippen molar-refractivity contribution >= 4 is 24.4 Å². The summed E-state index contributed by atoms with van der Waals surface area (Å²) >= 11 is 0. The minimum absolute atomic E-state index is 0. The summed E-state index contributed by atoms with van der Waals surface area (Å²) in [4.78, 5) is 10.4. The molecule has 0 spiro atoms. The van der Waals surface area contributed by atoms with E-state index >= 15 is 0 Å². The molecular formula is C10H12ClNO. The van der Waals surface area contributed by atoms with Gasteiger partial charge in [0.2, 0.25) is 5.91 Å². The molecule has 3 heteroatoms. The number of hydrogen-bond donors (Lipinski definition) is 1. The van der Waals surface area contributed by atoms with E-state index in [9.17, 15) is 4.79 Å². The predicted molar refractivity (Wildman–Crippen MR) is 56.7 cm³/mol. The van der Waals surface area contributed by atoms with Gasteiger partial charge < -0.3 is 5.73 Å². The molecule has 0 unspecified atom stereocenters. The molecule has 1 aromatic rings. The molecule has 1 aromatic carbocycles. The number of carbonyl (C=O) groups excluding carboxylic acids is 1. The zero-order valence-electron chi connectivity index (χ0n) is 7.36. The number of hydrogen-bond acceptors (Lipinski definition) is 1. The Morgan fingerprint density at radius 2 is 1.85 bits per heavy atom. The summed E-state index contributed by atoms with van der Waals surface area (Å²) in [6.07, 6.45) is 3.05. The van der Waals surface area contributed by atoms with Crippen molar-refractivity contribution in [3.63, 3.8) is 0 Å². The van der Waals surface area contributed by atoms with Crippen molar-refractivity contribution in [1.29, 1.82) is 0 Å². The normalized spacial score (nSPS) is 9.62. The van der Waals surface area contributed by atoms with Gasteiger partial charge in [-0.2, -0.15) is 0 Å². The molecule has 0 bridgehead atoms. The fourth-order valence-electron chi connectivity index (χ4n) is 0.856. The van der Waals surface area contributed by atoms with E-state index in [1.54, 1.807) is 6.08 Å². The third kappa shape index (κ3) is 4.33. The fourth-order valence-corrected chi connectivity index (χ4v) is 0.856. The lowest BCUT2D eigenvalue weighted by Crippen LogP contribution is -2.04. The van der Waals surface area contributed by atoms with Gasteiger partial charge in [0.05, 0.1) is 0 Å². The first-order valence-corrected chi connectivity index (χ1v) is 3.72. The quantitative estimate of drug-likeness (QED) is 0.724. The maximum Gasteiger partial charge on any atom is 0.241 e. The number of halogens is 1. The van der Waals surface area contributed by atoms with E-state index in [4.69, 9.17) is 5.73 Å². The minimum Gasteiger partial charge on any atom is -0.366 e. The Bertz CT molecular complexity index is 303. The molecule has 13 heavy (non-hydrogen) atoms. The molecule has 2 nitrogen and oxygen atoms in total. The average molecular weight is 198 g/mol. The van der Waals surface area contributed by atoms with Crippen molar-refractivity contribution in [1.82, 2.24) is 0 Å². The highest BCUT2D eigenvalue weighted by Gasteiger charge is 1.87. The average Bonchev–Trinajstić information content (AvgIpc) is 2.03. The van der Waals surface area contributed by atoms with Gasteiger partial charge in [-0.3, -0.25) is 4.79 Å². The van der Waals surface area contributed by atoms with Gasteiger partial charge in [0.15, 0.2) is 0 Å². The Hall–Kier alpha value is -1.28. The van der Waals surface area contributed by atoms with Crippen LogP contribution >= 0.6 is 12.4 Å². The number of amides is 1. The number of benzene rings is 1. The summed E-state index contributed by atoms with van der Waals surface area (Å²) in [5, 5.41) is 0. The van der Waals surface area contributed by atoms with Crippen molar-refractivity contribution in [3.05, 3.63) is 41.5 Å². The van der Waals surface area contributed by atoms with Crippen molar-refractivity contribution < 1.29 is 4.79 Å². The first kappa shape index (κ1) is 11.7. The second-order valence-electron chi connectivity index (χ2n) is 2.65. The largest absolute Gasteiger partial charge is 0.366 e. The maximum atomic E-state index is 10.4. The van der Waals surface area contributed by atoms with Gasteiger partial charge in [-0.05, 0) is 18.6 Å². The van der Waals surface area contributed by atoms with Crippen molar-refractivity contribution in [3.8, 4) is 0 Å².